The van der Waals surface area contributed by atoms with Gasteiger partial charge in [0.2, 0.25) is 0 Å². The lowest BCUT2D eigenvalue weighted by atomic mass is 10.2. The largest absolute Gasteiger partial charge is 0.465 e. The summed E-state index contributed by atoms with van der Waals surface area (Å²) >= 11 is 1.78. The molecular formula is C13H17NOS. The van der Waals surface area contributed by atoms with Crippen LogP contribution < -0.4 is 5.32 Å². The Morgan fingerprint density at radius 2 is 2.00 bits per heavy atom. The van der Waals surface area contributed by atoms with Crippen LogP contribution in [0.25, 0.3) is 0 Å². The molecular weight excluding hydrogens is 218 g/mol. The van der Waals surface area contributed by atoms with Crippen molar-refractivity contribution in [2.45, 2.75) is 32.9 Å². The van der Waals surface area contributed by atoms with Gasteiger partial charge in [-0.2, -0.15) is 0 Å². The Morgan fingerprint density at radius 3 is 2.56 bits per heavy atom. The van der Waals surface area contributed by atoms with Gasteiger partial charge in [-0.15, -0.1) is 11.3 Å². The summed E-state index contributed by atoms with van der Waals surface area (Å²) in [6, 6.07) is 8.88. The second-order valence-corrected chi connectivity index (χ2v) is 5.05. The van der Waals surface area contributed by atoms with Gasteiger partial charge in [-0.25, -0.2) is 0 Å². The topological polar surface area (TPSA) is 25.2 Å². The molecule has 0 saturated heterocycles. The third-order valence-electron chi connectivity index (χ3n) is 2.66. The zero-order valence-electron chi connectivity index (χ0n) is 9.86. The molecule has 2 rings (SSSR count). The van der Waals surface area contributed by atoms with Crippen LogP contribution in [-0.2, 0) is 0 Å². The lowest BCUT2D eigenvalue weighted by Crippen LogP contribution is -2.21. The van der Waals surface area contributed by atoms with Gasteiger partial charge >= 0.3 is 0 Å². The highest BCUT2D eigenvalue weighted by Gasteiger charge is 2.13. The predicted octanol–water partition coefficient (Wildman–Crippen LogP) is 4.06. The van der Waals surface area contributed by atoms with Gasteiger partial charge in [0.15, 0.2) is 0 Å². The molecule has 2 heterocycles. The minimum absolute atomic E-state index is 0.241. The molecule has 0 amide bonds. The Hall–Kier alpha value is -1.06. The summed E-state index contributed by atoms with van der Waals surface area (Å²) in [5.41, 5.74) is 0. The van der Waals surface area contributed by atoms with Crippen molar-refractivity contribution in [2.75, 3.05) is 0 Å². The molecule has 0 aliphatic rings. The van der Waals surface area contributed by atoms with E-state index < -0.39 is 0 Å². The molecule has 0 aromatic carbocycles. The first-order valence-electron chi connectivity index (χ1n) is 5.52. The predicted molar refractivity (Wildman–Crippen MR) is 67.7 cm³/mol. The normalized spacial score (nSPS) is 14.9. The second kappa shape index (κ2) is 4.85. The van der Waals surface area contributed by atoms with Crippen molar-refractivity contribution in [2.24, 2.45) is 0 Å². The van der Waals surface area contributed by atoms with Crippen LogP contribution >= 0.6 is 11.3 Å². The van der Waals surface area contributed by atoms with E-state index in [1.54, 1.807) is 11.3 Å². The average Bonchev–Trinajstić information content (AvgIpc) is 2.87. The van der Waals surface area contributed by atoms with Gasteiger partial charge in [0, 0.05) is 10.9 Å². The summed E-state index contributed by atoms with van der Waals surface area (Å²) in [7, 11) is 0. The van der Waals surface area contributed by atoms with Crippen molar-refractivity contribution >= 4 is 11.3 Å². The molecule has 0 aliphatic carbocycles. The highest BCUT2D eigenvalue weighted by Crippen LogP contribution is 2.23. The molecule has 1 N–H and O–H groups in total. The van der Waals surface area contributed by atoms with Crippen LogP contribution in [0.1, 0.15) is 42.3 Å². The van der Waals surface area contributed by atoms with Crippen molar-refractivity contribution in [1.29, 1.82) is 0 Å². The van der Waals surface area contributed by atoms with E-state index in [1.165, 1.54) is 4.88 Å². The molecule has 0 radical (unpaired) electrons. The minimum Gasteiger partial charge on any atom is -0.465 e. The number of hydrogen-bond acceptors (Lipinski definition) is 3. The van der Waals surface area contributed by atoms with Gasteiger partial charge in [0.1, 0.15) is 11.5 Å². The number of hydrogen-bond donors (Lipinski definition) is 1. The molecule has 0 saturated carbocycles. The number of aryl methyl sites for hydroxylation is 1. The first-order valence-corrected chi connectivity index (χ1v) is 6.40. The molecule has 0 aliphatic heterocycles. The van der Waals surface area contributed by atoms with Crippen molar-refractivity contribution < 1.29 is 4.42 Å². The molecule has 2 aromatic heterocycles. The maximum atomic E-state index is 5.60. The van der Waals surface area contributed by atoms with E-state index in [0.717, 1.165) is 11.5 Å². The molecule has 0 bridgehead atoms. The zero-order chi connectivity index (χ0) is 11.5. The Morgan fingerprint density at radius 1 is 1.19 bits per heavy atom. The van der Waals surface area contributed by atoms with Crippen LogP contribution in [0.2, 0.25) is 0 Å². The van der Waals surface area contributed by atoms with Crippen LogP contribution in [0.5, 0.6) is 0 Å². The van der Waals surface area contributed by atoms with E-state index in [0.29, 0.717) is 6.04 Å². The number of rotatable bonds is 4. The Labute approximate surface area is 100 Å². The van der Waals surface area contributed by atoms with Gasteiger partial charge < -0.3 is 9.73 Å². The zero-order valence-corrected chi connectivity index (χ0v) is 10.7. The number of furan rings is 1. The summed E-state index contributed by atoms with van der Waals surface area (Å²) in [6.45, 7) is 6.28. The van der Waals surface area contributed by atoms with Gasteiger partial charge in [0.25, 0.3) is 0 Å². The third kappa shape index (κ3) is 2.54. The highest BCUT2D eigenvalue weighted by molar-refractivity contribution is 7.10. The molecule has 86 valence electrons. The van der Waals surface area contributed by atoms with Crippen LogP contribution in [0, 0.1) is 6.92 Å². The van der Waals surface area contributed by atoms with Crippen molar-refractivity contribution in [1.82, 2.24) is 5.32 Å². The fraction of sp³-hybridized carbons (Fsp3) is 0.385. The molecule has 3 heteroatoms. The number of thiophene rings is 1. The van der Waals surface area contributed by atoms with Crippen LogP contribution in [0.4, 0.5) is 0 Å². The molecule has 0 spiro atoms. The van der Waals surface area contributed by atoms with Crippen molar-refractivity contribution in [3.05, 3.63) is 46.0 Å². The molecule has 1 unspecified atom stereocenters. The van der Waals surface area contributed by atoms with Crippen LogP contribution in [0.3, 0.4) is 0 Å². The summed E-state index contributed by atoms with van der Waals surface area (Å²) in [5.74, 6) is 1.97. The molecule has 2 atom stereocenters. The summed E-state index contributed by atoms with van der Waals surface area (Å²) in [6.07, 6.45) is 0. The van der Waals surface area contributed by atoms with Crippen LogP contribution in [0.15, 0.2) is 34.1 Å². The Bertz CT molecular complexity index is 432. The van der Waals surface area contributed by atoms with Gasteiger partial charge in [-0.05, 0) is 44.4 Å². The summed E-state index contributed by atoms with van der Waals surface area (Å²) in [5, 5.41) is 5.63. The quantitative estimate of drug-likeness (QED) is 0.864. The van der Waals surface area contributed by atoms with Gasteiger partial charge in [0.05, 0.1) is 6.04 Å². The van der Waals surface area contributed by atoms with Crippen molar-refractivity contribution in [3.63, 3.8) is 0 Å². The maximum absolute atomic E-state index is 5.60. The Kier molecular flexibility index (Phi) is 3.46. The monoisotopic (exact) mass is 235 g/mol. The average molecular weight is 235 g/mol. The van der Waals surface area contributed by atoms with Gasteiger partial charge in [-0.3, -0.25) is 0 Å². The van der Waals surface area contributed by atoms with E-state index in [-0.39, 0.29) is 6.04 Å². The first-order chi connectivity index (χ1) is 7.66. The van der Waals surface area contributed by atoms with E-state index >= 15 is 0 Å². The maximum Gasteiger partial charge on any atom is 0.120 e. The molecule has 2 aromatic rings. The minimum atomic E-state index is 0.241. The van der Waals surface area contributed by atoms with E-state index in [9.17, 15) is 0 Å². The second-order valence-electron chi connectivity index (χ2n) is 4.07. The summed E-state index contributed by atoms with van der Waals surface area (Å²) in [4.78, 5) is 1.36. The standard InChI is InChI=1S/C13H17NOS/c1-9-6-7-12(15-9)10(2)14-11(3)13-5-4-8-16-13/h4-8,10-11,14H,1-3H3/t10?,11-/m0/s1. The lowest BCUT2D eigenvalue weighted by Gasteiger charge is -2.17. The summed E-state index contributed by atoms with van der Waals surface area (Å²) < 4.78 is 5.60. The number of nitrogens with one attached hydrogen (secondary N) is 1. The fourth-order valence-electron chi connectivity index (χ4n) is 1.76. The molecule has 16 heavy (non-hydrogen) atoms. The molecule has 2 nitrogen and oxygen atoms in total. The SMILES string of the molecule is Cc1ccc(C(C)N[C@@H](C)c2cccs2)o1. The van der Waals surface area contributed by atoms with Crippen molar-refractivity contribution in [3.8, 4) is 0 Å². The Balaban J connectivity index is 2.00. The van der Waals surface area contributed by atoms with E-state index in [4.69, 9.17) is 4.42 Å². The third-order valence-corrected chi connectivity index (χ3v) is 3.71. The highest BCUT2D eigenvalue weighted by atomic mass is 32.1. The smallest absolute Gasteiger partial charge is 0.120 e. The van der Waals surface area contributed by atoms with Gasteiger partial charge in [-0.1, -0.05) is 6.07 Å². The first kappa shape index (κ1) is 11.4. The van der Waals surface area contributed by atoms with E-state index in [1.807, 2.05) is 19.1 Å². The van der Waals surface area contributed by atoms with E-state index in [2.05, 4.69) is 36.7 Å². The lowest BCUT2D eigenvalue weighted by molar-refractivity contribution is 0.394. The fourth-order valence-corrected chi connectivity index (χ4v) is 2.51. The molecule has 0 fully saturated rings. The van der Waals surface area contributed by atoms with Crippen LogP contribution in [-0.4, -0.2) is 0 Å².